The number of aromatic nitrogens is 4. The second-order valence-electron chi connectivity index (χ2n) is 9.01. The second kappa shape index (κ2) is 9.33. The molecule has 0 saturated carbocycles. The van der Waals surface area contributed by atoms with Crippen LogP contribution in [-0.2, 0) is 19.4 Å². The minimum Gasteiger partial charge on any atom is -0.356 e. The van der Waals surface area contributed by atoms with E-state index in [0.29, 0.717) is 5.69 Å². The topological polar surface area (TPSA) is 67.2 Å². The fourth-order valence-corrected chi connectivity index (χ4v) is 5.06. The number of nitrogens with zero attached hydrogens (tertiary/aromatic N) is 6. The summed E-state index contributed by atoms with van der Waals surface area (Å²) >= 11 is 0. The predicted octanol–water partition coefficient (Wildman–Crippen LogP) is 3.97. The van der Waals surface area contributed by atoms with Crippen LogP contribution in [0, 0.1) is 6.92 Å². The van der Waals surface area contributed by atoms with Crippen molar-refractivity contribution in [2.75, 3.05) is 24.5 Å². The number of rotatable bonds is 6. The van der Waals surface area contributed by atoms with Crippen molar-refractivity contribution in [2.24, 2.45) is 0 Å². The van der Waals surface area contributed by atoms with Crippen molar-refractivity contribution >= 4 is 11.7 Å². The number of anilines is 1. The minimum absolute atomic E-state index is 0.0235. The molecule has 7 nitrogen and oxygen atoms in total. The molecule has 0 aliphatic carbocycles. The van der Waals surface area contributed by atoms with E-state index in [1.165, 1.54) is 11.1 Å². The van der Waals surface area contributed by atoms with E-state index in [1.54, 1.807) is 4.68 Å². The van der Waals surface area contributed by atoms with Gasteiger partial charge in [-0.05, 0) is 57.6 Å². The molecule has 33 heavy (non-hydrogen) atoms. The van der Waals surface area contributed by atoms with Gasteiger partial charge in [-0.1, -0.05) is 30.3 Å². The summed E-state index contributed by atoms with van der Waals surface area (Å²) in [5.41, 5.74) is 4.15. The van der Waals surface area contributed by atoms with Crippen molar-refractivity contribution in [2.45, 2.75) is 58.5 Å². The zero-order valence-corrected chi connectivity index (χ0v) is 19.6. The summed E-state index contributed by atoms with van der Waals surface area (Å²) in [5, 5.41) is 4.43. The maximum absolute atomic E-state index is 13.2. The van der Waals surface area contributed by atoms with Gasteiger partial charge in [0.2, 0.25) is 0 Å². The fraction of sp³-hybridized carbons (Fsp3) is 0.462. The largest absolute Gasteiger partial charge is 0.356 e. The summed E-state index contributed by atoms with van der Waals surface area (Å²) in [6.45, 7) is 7.54. The van der Waals surface area contributed by atoms with Crippen LogP contribution in [0.1, 0.15) is 65.4 Å². The van der Waals surface area contributed by atoms with Crippen molar-refractivity contribution in [3.63, 3.8) is 0 Å². The lowest BCUT2D eigenvalue weighted by atomic mass is 10.0. The van der Waals surface area contributed by atoms with Crippen molar-refractivity contribution in [1.29, 1.82) is 0 Å². The Bertz CT molecular complexity index is 1130. The van der Waals surface area contributed by atoms with Gasteiger partial charge in [0.05, 0.1) is 6.04 Å². The first kappa shape index (κ1) is 21.6. The Morgan fingerprint density at radius 1 is 1.09 bits per heavy atom. The normalized spacial score (nSPS) is 17.9. The SMILES string of the molecule is CCn1ccc(C(=O)N2CCC[C@H]2c2nc(C)c3c(n2)N(CCc2ccccc2)CCC3)n1. The molecule has 3 aromatic rings. The van der Waals surface area contributed by atoms with Gasteiger partial charge < -0.3 is 9.80 Å². The minimum atomic E-state index is -0.0915. The lowest BCUT2D eigenvalue weighted by molar-refractivity contribution is 0.0722. The number of benzene rings is 1. The van der Waals surface area contributed by atoms with Crippen LogP contribution in [0.15, 0.2) is 42.6 Å². The number of aryl methyl sites for hydroxylation is 2. The van der Waals surface area contributed by atoms with E-state index < -0.39 is 0 Å². The maximum atomic E-state index is 13.2. The predicted molar refractivity (Wildman–Crippen MR) is 128 cm³/mol. The molecule has 1 aromatic carbocycles. The summed E-state index contributed by atoms with van der Waals surface area (Å²) in [6, 6.07) is 12.3. The monoisotopic (exact) mass is 444 g/mol. The van der Waals surface area contributed by atoms with Gasteiger partial charge >= 0.3 is 0 Å². The Hall–Kier alpha value is -3.22. The van der Waals surface area contributed by atoms with Crippen molar-refractivity contribution in [1.82, 2.24) is 24.6 Å². The van der Waals surface area contributed by atoms with E-state index in [-0.39, 0.29) is 11.9 Å². The number of hydrogen-bond acceptors (Lipinski definition) is 5. The highest BCUT2D eigenvalue weighted by molar-refractivity contribution is 5.92. The van der Waals surface area contributed by atoms with Gasteiger partial charge in [0.25, 0.3) is 5.91 Å². The third-order valence-electron chi connectivity index (χ3n) is 6.87. The first-order chi connectivity index (χ1) is 16.1. The molecule has 1 amide bonds. The van der Waals surface area contributed by atoms with Crippen molar-refractivity contribution in [3.8, 4) is 0 Å². The molecule has 0 bridgehead atoms. The lowest BCUT2D eigenvalue weighted by Crippen LogP contribution is -2.35. The van der Waals surface area contributed by atoms with Crippen LogP contribution in [0.4, 0.5) is 5.82 Å². The van der Waals surface area contributed by atoms with Crippen molar-refractivity contribution < 1.29 is 4.79 Å². The van der Waals surface area contributed by atoms with E-state index in [4.69, 9.17) is 9.97 Å². The molecule has 172 valence electrons. The molecule has 2 aliphatic rings. The molecule has 5 rings (SSSR count). The molecule has 2 aliphatic heterocycles. The third-order valence-corrected chi connectivity index (χ3v) is 6.87. The quantitative estimate of drug-likeness (QED) is 0.575. The van der Waals surface area contributed by atoms with Gasteiger partial charge in [-0.15, -0.1) is 0 Å². The van der Waals surface area contributed by atoms with Gasteiger partial charge in [0.15, 0.2) is 5.82 Å². The summed E-state index contributed by atoms with van der Waals surface area (Å²) in [7, 11) is 0. The molecule has 7 heteroatoms. The number of carbonyl (C=O) groups is 1. The van der Waals surface area contributed by atoms with E-state index in [0.717, 1.165) is 75.6 Å². The van der Waals surface area contributed by atoms with E-state index >= 15 is 0 Å². The molecule has 1 atom stereocenters. The van der Waals surface area contributed by atoms with Crippen molar-refractivity contribution in [3.05, 3.63) is 70.9 Å². The van der Waals surface area contributed by atoms with Crippen LogP contribution in [0.3, 0.4) is 0 Å². The molecule has 0 N–H and O–H groups in total. The number of fused-ring (bicyclic) bond motifs is 1. The zero-order chi connectivity index (χ0) is 22.8. The zero-order valence-electron chi connectivity index (χ0n) is 19.6. The number of amides is 1. The third kappa shape index (κ3) is 4.36. The fourth-order valence-electron chi connectivity index (χ4n) is 5.06. The Labute approximate surface area is 195 Å². The molecule has 1 fully saturated rings. The molecular formula is C26H32N6O. The van der Waals surface area contributed by atoms with E-state index in [9.17, 15) is 4.79 Å². The summed E-state index contributed by atoms with van der Waals surface area (Å²) in [4.78, 5) is 27.6. The maximum Gasteiger partial charge on any atom is 0.274 e. The van der Waals surface area contributed by atoms with Crippen LogP contribution in [0.5, 0.6) is 0 Å². The highest BCUT2D eigenvalue weighted by atomic mass is 16.2. The Kier molecular flexibility index (Phi) is 6.11. The van der Waals surface area contributed by atoms with Crippen LogP contribution in [0.25, 0.3) is 0 Å². The Balaban J connectivity index is 1.40. The number of likely N-dealkylation sites (tertiary alicyclic amines) is 1. The molecule has 0 spiro atoms. The highest BCUT2D eigenvalue weighted by Gasteiger charge is 2.35. The highest BCUT2D eigenvalue weighted by Crippen LogP contribution is 2.35. The molecule has 0 radical (unpaired) electrons. The van der Waals surface area contributed by atoms with Crippen LogP contribution in [0.2, 0.25) is 0 Å². The first-order valence-corrected chi connectivity index (χ1v) is 12.1. The first-order valence-electron chi connectivity index (χ1n) is 12.1. The van der Waals surface area contributed by atoms with Crippen LogP contribution in [-0.4, -0.2) is 50.2 Å². The van der Waals surface area contributed by atoms with Gasteiger partial charge in [0, 0.05) is 43.6 Å². The molecule has 1 saturated heterocycles. The van der Waals surface area contributed by atoms with Gasteiger partial charge in [0.1, 0.15) is 11.5 Å². The molecule has 0 unspecified atom stereocenters. The molecular weight excluding hydrogens is 412 g/mol. The Morgan fingerprint density at radius 3 is 2.73 bits per heavy atom. The van der Waals surface area contributed by atoms with Gasteiger partial charge in [-0.3, -0.25) is 9.48 Å². The molecule has 2 aromatic heterocycles. The van der Waals surface area contributed by atoms with Crippen LogP contribution < -0.4 is 4.90 Å². The summed E-state index contributed by atoms with van der Waals surface area (Å²) in [5.74, 6) is 1.82. The van der Waals surface area contributed by atoms with E-state index in [2.05, 4.69) is 47.3 Å². The number of carbonyl (C=O) groups excluding carboxylic acids is 1. The average molecular weight is 445 g/mol. The summed E-state index contributed by atoms with van der Waals surface area (Å²) < 4.78 is 1.79. The van der Waals surface area contributed by atoms with Gasteiger partial charge in [-0.2, -0.15) is 5.10 Å². The van der Waals surface area contributed by atoms with Gasteiger partial charge in [-0.25, -0.2) is 9.97 Å². The molecule has 4 heterocycles. The second-order valence-corrected chi connectivity index (χ2v) is 9.01. The Morgan fingerprint density at radius 2 is 1.94 bits per heavy atom. The smallest absolute Gasteiger partial charge is 0.274 e. The average Bonchev–Trinajstić information content (AvgIpc) is 3.53. The number of hydrogen-bond donors (Lipinski definition) is 0. The summed E-state index contributed by atoms with van der Waals surface area (Å²) in [6.07, 6.45) is 6.85. The lowest BCUT2D eigenvalue weighted by Gasteiger charge is -2.32. The van der Waals surface area contributed by atoms with E-state index in [1.807, 2.05) is 24.1 Å². The van der Waals surface area contributed by atoms with Crippen LogP contribution >= 0.6 is 0 Å². The standard InChI is InChI=1S/C26H32N6O/c1-3-31-18-14-22(29-31)26(33)32-16-8-12-23(32)24-27-19(2)21-11-7-15-30(25(21)28-24)17-13-20-9-5-4-6-10-20/h4-6,9-10,14,18,23H,3,7-8,11-13,15-17H2,1-2H3/t23-/m0/s1.